The molecule has 1 amide bonds. The summed E-state index contributed by atoms with van der Waals surface area (Å²) in [7, 11) is 0. The van der Waals surface area contributed by atoms with Crippen LogP contribution in [0.3, 0.4) is 0 Å². The Bertz CT molecular complexity index is 621. The van der Waals surface area contributed by atoms with E-state index in [2.05, 4.69) is 29.0 Å². The molecular weight excluding hydrogens is 226 g/mol. The van der Waals surface area contributed by atoms with Gasteiger partial charge in [-0.2, -0.15) is 0 Å². The zero-order chi connectivity index (χ0) is 12.7. The molecule has 1 aliphatic heterocycles. The predicted octanol–water partition coefficient (Wildman–Crippen LogP) is 2.40. The highest BCUT2D eigenvalue weighted by Crippen LogP contribution is 2.36. The zero-order valence-corrected chi connectivity index (χ0v) is 10.5. The number of hydrogen-bond acceptors (Lipinski definition) is 3. The lowest BCUT2D eigenvalue weighted by molar-refractivity contribution is -0.115. The summed E-state index contributed by atoms with van der Waals surface area (Å²) in [5.74, 6) is 0.0216. The van der Waals surface area contributed by atoms with Crippen molar-refractivity contribution in [2.45, 2.75) is 19.9 Å². The maximum atomic E-state index is 11.7. The highest BCUT2D eigenvalue weighted by atomic mass is 16.2. The first kappa shape index (κ1) is 11.0. The number of nitrogens with zero attached hydrogens (tertiary/aromatic N) is 2. The lowest BCUT2D eigenvalue weighted by Gasteiger charge is -2.34. The number of rotatable bonds is 1. The van der Waals surface area contributed by atoms with Crippen molar-refractivity contribution in [2.75, 3.05) is 16.8 Å². The summed E-state index contributed by atoms with van der Waals surface area (Å²) in [5, 5.41) is 3.98. The van der Waals surface area contributed by atoms with Crippen molar-refractivity contribution in [1.82, 2.24) is 4.98 Å². The SMILES string of the molecule is CC(C)N1CC(=O)Nc2cnc3ccccc3c21. The molecule has 0 spiro atoms. The monoisotopic (exact) mass is 241 g/mol. The number of hydrogen-bond donors (Lipinski definition) is 1. The molecule has 2 aromatic rings. The third kappa shape index (κ3) is 1.61. The molecule has 18 heavy (non-hydrogen) atoms. The number of carbonyl (C=O) groups is 1. The summed E-state index contributed by atoms with van der Waals surface area (Å²) < 4.78 is 0. The van der Waals surface area contributed by atoms with Gasteiger partial charge < -0.3 is 10.2 Å². The number of carbonyl (C=O) groups excluding carboxylic acids is 1. The summed E-state index contributed by atoms with van der Waals surface area (Å²) in [6, 6.07) is 8.29. The van der Waals surface area contributed by atoms with Crippen molar-refractivity contribution in [3.63, 3.8) is 0 Å². The van der Waals surface area contributed by atoms with E-state index >= 15 is 0 Å². The third-order valence-corrected chi connectivity index (χ3v) is 3.25. The number of pyridine rings is 1. The highest BCUT2D eigenvalue weighted by molar-refractivity contribution is 6.08. The van der Waals surface area contributed by atoms with Crippen LogP contribution in [0.25, 0.3) is 10.9 Å². The maximum Gasteiger partial charge on any atom is 0.244 e. The van der Waals surface area contributed by atoms with E-state index in [4.69, 9.17) is 0 Å². The topological polar surface area (TPSA) is 45.2 Å². The van der Waals surface area contributed by atoms with Crippen molar-refractivity contribution in [3.05, 3.63) is 30.5 Å². The average Bonchev–Trinajstić information content (AvgIpc) is 2.37. The van der Waals surface area contributed by atoms with Crippen LogP contribution in [0, 0.1) is 0 Å². The van der Waals surface area contributed by atoms with Crippen LogP contribution in [0.2, 0.25) is 0 Å². The maximum absolute atomic E-state index is 11.7. The Morgan fingerprint density at radius 3 is 2.89 bits per heavy atom. The minimum absolute atomic E-state index is 0.0216. The Balaban J connectivity index is 2.29. The molecule has 0 bridgehead atoms. The quantitative estimate of drug-likeness (QED) is 0.833. The molecule has 0 saturated carbocycles. The first-order chi connectivity index (χ1) is 8.66. The van der Waals surface area contributed by atoms with E-state index in [-0.39, 0.29) is 11.9 Å². The van der Waals surface area contributed by atoms with Gasteiger partial charge in [0.2, 0.25) is 5.91 Å². The lowest BCUT2D eigenvalue weighted by Crippen LogP contribution is -2.42. The van der Waals surface area contributed by atoms with E-state index in [0.29, 0.717) is 6.54 Å². The standard InChI is InChI=1S/C14H15N3O/c1-9(2)17-8-13(18)16-12-7-15-11-6-4-3-5-10(11)14(12)17/h3-7,9H,8H2,1-2H3,(H,16,18). The molecule has 4 heteroatoms. The van der Waals surface area contributed by atoms with Crippen LogP contribution in [0.15, 0.2) is 30.5 Å². The van der Waals surface area contributed by atoms with Gasteiger partial charge in [0.1, 0.15) is 0 Å². The predicted molar refractivity (Wildman–Crippen MR) is 72.9 cm³/mol. The number of aromatic nitrogens is 1. The Morgan fingerprint density at radius 1 is 1.33 bits per heavy atom. The van der Waals surface area contributed by atoms with Crippen molar-refractivity contribution >= 4 is 28.2 Å². The smallest absolute Gasteiger partial charge is 0.244 e. The Labute approximate surface area is 106 Å². The molecule has 1 aliphatic rings. The molecule has 1 aromatic carbocycles. The van der Waals surface area contributed by atoms with Gasteiger partial charge in [-0.25, -0.2) is 0 Å². The van der Waals surface area contributed by atoms with Gasteiger partial charge in [-0.05, 0) is 19.9 Å². The fourth-order valence-electron chi connectivity index (χ4n) is 2.39. The number of fused-ring (bicyclic) bond motifs is 3. The highest BCUT2D eigenvalue weighted by Gasteiger charge is 2.26. The number of anilines is 2. The van der Waals surface area contributed by atoms with Crippen LogP contribution >= 0.6 is 0 Å². The average molecular weight is 241 g/mol. The van der Waals surface area contributed by atoms with E-state index < -0.39 is 0 Å². The molecule has 3 rings (SSSR count). The van der Waals surface area contributed by atoms with Gasteiger partial charge in [0.25, 0.3) is 0 Å². The second kappa shape index (κ2) is 3.98. The molecule has 4 nitrogen and oxygen atoms in total. The Kier molecular flexibility index (Phi) is 2.44. The first-order valence-electron chi connectivity index (χ1n) is 6.11. The Hall–Kier alpha value is -2.10. The van der Waals surface area contributed by atoms with Crippen LogP contribution in [0.5, 0.6) is 0 Å². The molecule has 0 fully saturated rings. The molecule has 0 aliphatic carbocycles. The lowest BCUT2D eigenvalue weighted by atomic mass is 10.1. The molecule has 2 heterocycles. The van der Waals surface area contributed by atoms with E-state index in [1.807, 2.05) is 24.3 Å². The first-order valence-corrected chi connectivity index (χ1v) is 6.11. The number of amides is 1. The third-order valence-electron chi connectivity index (χ3n) is 3.25. The van der Waals surface area contributed by atoms with E-state index in [9.17, 15) is 4.79 Å². The van der Waals surface area contributed by atoms with Crippen LogP contribution in [-0.4, -0.2) is 23.5 Å². The molecule has 0 unspecified atom stereocenters. The fraction of sp³-hybridized carbons (Fsp3) is 0.286. The van der Waals surface area contributed by atoms with Gasteiger partial charge >= 0.3 is 0 Å². The summed E-state index contributed by atoms with van der Waals surface area (Å²) in [5.41, 5.74) is 2.84. The normalized spacial score (nSPS) is 14.8. The fourth-order valence-corrected chi connectivity index (χ4v) is 2.39. The second-order valence-electron chi connectivity index (χ2n) is 4.81. The minimum atomic E-state index is 0.0216. The molecule has 92 valence electrons. The van der Waals surface area contributed by atoms with Crippen molar-refractivity contribution in [2.24, 2.45) is 0 Å². The van der Waals surface area contributed by atoms with E-state index in [1.54, 1.807) is 6.20 Å². The summed E-state index contributed by atoms with van der Waals surface area (Å²) in [4.78, 5) is 18.2. The molecule has 0 saturated heterocycles. The largest absolute Gasteiger partial charge is 0.358 e. The van der Waals surface area contributed by atoms with E-state index in [0.717, 1.165) is 22.3 Å². The van der Waals surface area contributed by atoms with Crippen LogP contribution in [0.1, 0.15) is 13.8 Å². The number of nitrogens with one attached hydrogen (secondary N) is 1. The summed E-state index contributed by atoms with van der Waals surface area (Å²) in [6.07, 6.45) is 1.74. The number of benzene rings is 1. The zero-order valence-electron chi connectivity index (χ0n) is 10.5. The van der Waals surface area contributed by atoms with Gasteiger partial charge in [-0.1, -0.05) is 18.2 Å². The van der Waals surface area contributed by atoms with Crippen molar-refractivity contribution < 1.29 is 4.79 Å². The van der Waals surface area contributed by atoms with E-state index in [1.165, 1.54) is 0 Å². The summed E-state index contributed by atoms with van der Waals surface area (Å²) >= 11 is 0. The minimum Gasteiger partial charge on any atom is -0.358 e. The molecule has 0 atom stereocenters. The molecule has 1 N–H and O–H groups in total. The van der Waals surface area contributed by atoms with Gasteiger partial charge in [0.05, 0.1) is 29.6 Å². The van der Waals surface area contributed by atoms with Gasteiger partial charge in [-0.15, -0.1) is 0 Å². The van der Waals surface area contributed by atoms with Crippen molar-refractivity contribution in [1.29, 1.82) is 0 Å². The van der Waals surface area contributed by atoms with Gasteiger partial charge in [0.15, 0.2) is 0 Å². The molecule has 1 aromatic heterocycles. The van der Waals surface area contributed by atoms with Crippen LogP contribution in [0.4, 0.5) is 11.4 Å². The second-order valence-corrected chi connectivity index (χ2v) is 4.81. The van der Waals surface area contributed by atoms with Crippen molar-refractivity contribution in [3.8, 4) is 0 Å². The van der Waals surface area contributed by atoms with Gasteiger partial charge in [-0.3, -0.25) is 9.78 Å². The molecular formula is C14H15N3O. The molecule has 0 radical (unpaired) electrons. The van der Waals surface area contributed by atoms with Crippen LogP contribution < -0.4 is 10.2 Å². The number of para-hydroxylation sites is 1. The van der Waals surface area contributed by atoms with Crippen LogP contribution in [-0.2, 0) is 4.79 Å². The Morgan fingerprint density at radius 2 is 2.11 bits per heavy atom. The van der Waals surface area contributed by atoms with Gasteiger partial charge in [0, 0.05) is 11.4 Å². The summed E-state index contributed by atoms with van der Waals surface area (Å²) in [6.45, 7) is 4.59.